The second kappa shape index (κ2) is 7.03. The number of thiol groups is 1. The molecule has 1 unspecified atom stereocenters. The number of cyclic esters (lactones) is 1. The number of aromatic nitrogens is 2. The predicted octanol–water partition coefficient (Wildman–Crippen LogP) is 1.94. The van der Waals surface area contributed by atoms with E-state index in [2.05, 4.69) is 34.2 Å². The summed E-state index contributed by atoms with van der Waals surface area (Å²) in [4.78, 5) is 25.2. The molecular weight excluding hydrogens is 352 g/mol. The van der Waals surface area contributed by atoms with Crippen molar-refractivity contribution in [2.75, 3.05) is 23.7 Å². The number of hydrogen-bond acceptors (Lipinski definition) is 5. The van der Waals surface area contributed by atoms with Crippen LogP contribution in [0.5, 0.6) is 0 Å². The van der Waals surface area contributed by atoms with Crippen LogP contribution in [0.3, 0.4) is 0 Å². The van der Waals surface area contributed by atoms with Gasteiger partial charge in [-0.05, 0) is 42.5 Å². The normalized spacial score (nSPS) is 18.7. The Morgan fingerprint density at radius 2 is 2.23 bits per heavy atom. The van der Waals surface area contributed by atoms with Gasteiger partial charge in [0.15, 0.2) is 0 Å². The van der Waals surface area contributed by atoms with Crippen molar-refractivity contribution in [3.05, 3.63) is 35.5 Å². The maximum absolute atomic E-state index is 12.3. The van der Waals surface area contributed by atoms with Gasteiger partial charge in [0.1, 0.15) is 6.10 Å². The van der Waals surface area contributed by atoms with Crippen molar-refractivity contribution in [2.45, 2.75) is 25.4 Å². The first kappa shape index (κ1) is 17.0. The van der Waals surface area contributed by atoms with E-state index in [1.807, 2.05) is 18.3 Å². The van der Waals surface area contributed by atoms with E-state index < -0.39 is 0 Å². The van der Waals surface area contributed by atoms with Crippen LogP contribution in [-0.4, -0.2) is 47.1 Å². The van der Waals surface area contributed by atoms with Crippen LogP contribution < -0.4 is 10.2 Å². The van der Waals surface area contributed by atoms with Gasteiger partial charge >= 0.3 is 6.09 Å². The number of fused-ring (bicyclic) bond motifs is 3. The Morgan fingerprint density at radius 1 is 1.38 bits per heavy atom. The minimum absolute atomic E-state index is 0.116. The molecule has 1 aliphatic heterocycles. The molecule has 0 radical (unpaired) electrons. The summed E-state index contributed by atoms with van der Waals surface area (Å²) in [5.74, 6) is -0.0617. The number of benzene rings is 1. The highest BCUT2D eigenvalue weighted by atomic mass is 32.1. The van der Waals surface area contributed by atoms with E-state index >= 15 is 0 Å². The van der Waals surface area contributed by atoms with Crippen molar-refractivity contribution in [3.8, 4) is 11.3 Å². The van der Waals surface area contributed by atoms with Crippen LogP contribution in [0, 0.1) is 0 Å². The molecule has 1 fully saturated rings. The number of carbonyl (C=O) groups excluding carboxylic acids is 2. The highest BCUT2D eigenvalue weighted by Gasteiger charge is 2.33. The first-order valence-electron chi connectivity index (χ1n) is 8.67. The molecule has 8 heteroatoms. The predicted molar refractivity (Wildman–Crippen MR) is 101 cm³/mol. The van der Waals surface area contributed by atoms with Gasteiger partial charge in [0.2, 0.25) is 5.91 Å². The molecule has 0 bridgehead atoms. The molecule has 2 heterocycles. The largest absolute Gasteiger partial charge is 0.442 e. The molecule has 26 heavy (non-hydrogen) atoms. The van der Waals surface area contributed by atoms with Crippen molar-refractivity contribution in [1.82, 2.24) is 15.5 Å². The molecule has 136 valence electrons. The fraction of sp³-hybridized carbons (Fsp3) is 0.389. The molecule has 7 nitrogen and oxygen atoms in total. The number of nitrogens with one attached hydrogen (secondary N) is 2. The van der Waals surface area contributed by atoms with Crippen LogP contribution in [0.1, 0.15) is 17.5 Å². The number of rotatable bonds is 4. The van der Waals surface area contributed by atoms with Crippen LogP contribution in [0.4, 0.5) is 10.5 Å². The fourth-order valence-corrected chi connectivity index (χ4v) is 3.64. The average molecular weight is 372 g/mol. The van der Waals surface area contributed by atoms with E-state index in [1.54, 1.807) is 4.90 Å². The van der Waals surface area contributed by atoms with Crippen molar-refractivity contribution in [3.63, 3.8) is 0 Å². The van der Waals surface area contributed by atoms with E-state index in [0.717, 1.165) is 36.2 Å². The number of carbonyl (C=O) groups is 2. The Labute approximate surface area is 156 Å². The SMILES string of the molecule is O=C(CS)NCC1CN(c2ccc3c(c2)CCCc2cn[nH]c2-3)C(=O)O1. The number of hydrogen-bond donors (Lipinski definition) is 3. The maximum atomic E-state index is 12.3. The molecule has 1 aliphatic carbocycles. The Balaban J connectivity index is 1.53. The lowest BCUT2D eigenvalue weighted by Crippen LogP contribution is -2.35. The summed E-state index contributed by atoms with van der Waals surface area (Å²) < 4.78 is 5.37. The summed E-state index contributed by atoms with van der Waals surface area (Å²) in [7, 11) is 0. The number of aromatic amines is 1. The molecule has 2 amide bonds. The van der Waals surface area contributed by atoms with Gasteiger partial charge in [0.05, 0.1) is 30.7 Å². The number of nitrogens with zero attached hydrogens (tertiary/aromatic N) is 2. The third kappa shape index (κ3) is 3.16. The minimum Gasteiger partial charge on any atom is -0.442 e. The number of aryl methyl sites for hydroxylation is 2. The molecule has 0 spiro atoms. The number of anilines is 1. The Morgan fingerprint density at radius 3 is 3.08 bits per heavy atom. The van der Waals surface area contributed by atoms with Gasteiger partial charge in [0, 0.05) is 11.3 Å². The van der Waals surface area contributed by atoms with Gasteiger partial charge in [-0.15, -0.1) is 0 Å². The number of H-pyrrole nitrogens is 1. The molecule has 0 saturated carbocycles. The lowest BCUT2D eigenvalue weighted by molar-refractivity contribution is -0.118. The highest BCUT2D eigenvalue weighted by molar-refractivity contribution is 7.81. The maximum Gasteiger partial charge on any atom is 0.414 e. The van der Waals surface area contributed by atoms with Gasteiger partial charge in [-0.25, -0.2) is 4.79 Å². The lowest BCUT2D eigenvalue weighted by atomic mass is 10.0. The van der Waals surface area contributed by atoms with Crippen LogP contribution in [0.15, 0.2) is 24.4 Å². The minimum atomic E-state index is -0.383. The van der Waals surface area contributed by atoms with E-state index in [9.17, 15) is 9.59 Å². The van der Waals surface area contributed by atoms with Gasteiger partial charge < -0.3 is 10.1 Å². The van der Waals surface area contributed by atoms with E-state index in [0.29, 0.717) is 13.1 Å². The van der Waals surface area contributed by atoms with E-state index in [4.69, 9.17) is 4.74 Å². The van der Waals surface area contributed by atoms with E-state index in [-0.39, 0.29) is 23.9 Å². The van der Waals surface area contributed by atoms with Crippen LogP contribution in [-0.2, 0) is 22.4 Å². The van der Waals surface area contributed by atoms with Crippen molar-refractivity contribution in [1.29, 1.82) is 0 Å². The summed E-state index contributed by atoms with van der Waals surface area (Å²) >= 11 is 3.92. The first-order valence-corrected chi connectivity index (χ1v) is 9.30. The van der Waals surface area contributed by atoms with Crippen LogP contribution >= 0.6 is 12.6 Å². The summed E-state index contributed by atoms with van der Waals surface area (Å²) in [5, 5.41) is 9.95. The smallest absolute Gasteiger partial charge is 0.414 e. The zero-order chi connectivity index (χ0) is 18.1. The number of amides is 2. The molecule has 1 aromatic heterocycles. The van der Waals surface area contributed by atoms with Crippen LogP contribution in [0.2, 0.25) is 0 Å². The standard InChI is InChI=1S/C18H20N4O3S/c23-16(10-26)19-8-14-9-22(18(24)25-14)13-4-5-15-11(6-13)2-1-3-12-7-20-21-17(12)15/h4-7,14,26H,1-3,8-10H2,(H,19,23)(H,20,21). The van der Waals surface area contributed by atoms with Gasteiger partial charge in [-0.3, -0.25) is 14.8 Å². The summed E-state index contributed by atoms with van der Waals surface area (Å²) in [5.41, 5.74) is 5.46. The van der Waals surface area contributed by atoms with Crippen LogP contribution in [0.25, 0.3) is 11.3 Å². The Kier molecular flexibility index (Phi) is 4.58. The molecule has 1 aromatic carbocycles. The summed E-state index contributed by atoms with van der Waals surface area (Å²) in [6.45, 7) is 0.712. The van der Waals surface area contributed by atoms with Gasteiger partial charge in [-0.1, -0.05) is 6.07 Å². The zero-order valence-corrected chi connectivity index (χ0v) is 15.1. The Bertz CT molecular complexity index is 851. The topological polar surface area (TPSA) is 87.3 Å². The second-order valence-corrected chi connectivity index (χ2v) is 6.86. The van der Waals surface area contributed by atoms with E-state index in [1.165, 1.54) is 11.1 Å². The van der Waals surface area contributed by atoms with Crippen molar-refractivity contribution in [2.24, 2.45) is 0 Å². The molecule has 1 saturated heterocycles. The molecule has 1 atom stereocenters. The summed E-state index contributed by atoms with van der Waals surface area (Å²) in [6, 6.07) is 6.03. The summed E-state index contributed by atoms with van der Waals surface area (Å²) in [6.07, 6.45) is 4.14. The van der Waals surface area contributed by atoms with Gasteiger partial charge in [0.25, 0.3) is 0 Å². The third-order valence-electron chi connectivity index (χ3n) is 4.82. The molecule has 2 aliphatic rings. The molecule has 2 N–H and O–H groups in total. The fourth-order valence-electron chi connectivity index (χ4n) is 3.52. The zero-order valence-electron chi connectivity index (χ0n) is 14.2. The molecule has 4 rings (SSSR count). The quantitative estimate of drug-likeness (QED) is 0.716. The van der Waals surface area contributed by atoms with Gasteiger partial charge in [-0.2, -0.15) is 17.7 Å². The lowest BCUT2D eigenvalue weighted by Gasteiger charge is -2.16. The second-order valence-electron chi connectivity index (χ2n) is 6.54. The van der Waals surface area contributed by atoms with Crippen molar-refractivity contribution < 1.29 is 14.3 Å². The monoisotopic (exact) mass is 372 g/mol. The highest BCUT2D eigenvalue weighted by Crippen LogP contribution is 2.34. The van der Waals surface area contributed by atoms with Crippen molar-refractivity contribution >= 4 is 30.3 Å². The number of ether oxygens (including phenoxy) is 1. The average Bonchev–Trinajstić information content (AvgIpc) is 3.22. The first-order chi connectivity index (χ1) is 12.7. The third-order valence-corrected chi connectivity index (χ3v) is 5.11. The molecular formula is C18H20N4O3S. The molecule has 2 aromatic rings. The Hall–Kier alpha value is -2.48.